The lowest BCUT2D eigenvalue weighted by Gasteiger charge is -2.10. The summed E-state index contributed by atoms with van der Waals surface area (Å²) < 4.78 is 16.6. The van der Waals surface area contributed by atoms with E-state index in [-0.39, 0.29) is 11.7 Å². The lowest BCUT2D eigenvalue weighted by Crippen LogP contribution is -2.17. The zero-order valence-corrected chi connectivity index (χ0v) is 18.4. The average molecular weight is 483 g/mol. The fraction of sp³-hybridized carbons (Fsp3) is 0.0870. The molecule has 0 aliphatic rings. The van der Waals surface area contributed by atoms with Gasteiger partial charge >= 0.3 is 5.97 Å². The number of amides is 1. The zero-order chi connectivity index (χ0) is 22.2. The summed E-state index contributed by atoms with van der Waals surface area (Å²) in [5, 5.41) is 3.96. The summed E-state index contributed by atoms with van der Waals surface area (Å²) in [5.41, 5.74) is 3.96. The van der Waals surface area contributed by atoms with Gasteiger partial charge in [0.1, 0.15) is 5.75 Å². The van der Waals surface area contributed by atoms with E-state index in [0.29, 0.717) is 28.2 Å². The van der Waals surface area contributed by atoms with Crippen molar-refractivity contribution in [2.45, 2.75) is 0 Å². The van der Waals surface area contributed by atoms with E-state index in [9.17, 15) is 9.59 Å². The number of methoxy groups -OCH3 is 2. The lowest BCUT2D eigenvalue weighted by molar-refractivity contribution is 0.0729. The van der Waals surface area contributed by atoms with Crippen LogP contribution in [0.5, 0.6) is 17.2 Å². The lowest BCUT2D eigenvalue weighted by atomic mass is 10.2. The van der Waals surface area contributed by atoms with E-state index >= 15 is 0 Å². The predicted molar refractivity (Wildman–Crippen MR) is 120 cm³/mol. The molecule has 0 aliphatic heterocycles. The first-order valence-corrected chi connectivity index (χ1v) is 9.92. The van der Waals surface area contributed by atoms with Crippen molar-refractivity contribution in [3.8, 4) is 17.2 Å². The Balaban J connectivity index is 1.66. The van der Waals surface area contributed by atoms with Crippen LogP contribution in [0.3, 0.4) is 0 Å². The third-order valence-electron chi connectivity index (χ3n) is 4.18. The van der Waals surface area contributed by atoms with E-state index in [0.717, 1.165) is 4.47 Å². The molecule has 3 rings (SSSR count). The number of nitrogens with one attached hydrogen (secondary N) is 1. The Hall–Kier alpha value is -3.65. The van der Waals surface area contributed by atoms with Crippen LogP contribution in [0.25, 0.3) is 0 Å². The van der Waals surface area contributed by atoms with Crippen molar-refractivity contribution in [2.24, 2.45) is 5.10 Å². The van der Waals surface area contributed by atoms with Crippen molar-refractivity contribution < 1.29 is 23.8 Å². The quantitative estimate of drug-likeness (QED) is 0.232. The maximum absolute atomic E-state index is 12.4. The zero-order valence-electron chi connectivity index (χ0n) is 16.8. The number of esters is 1. The fourth-order valence-electron chi connectivity index (χ4n) is 2.60. The number of carbonyl (C=O) groups excluding carboxylic acids is 2. The molecular weight excluding hydrogens is 464 g/mol. The van der Waals surface area contributed by atoms with Crippen molar-refractivity contribution in [1.29, 1.82) is 0 Å². The SMILES string of the molecule is COc1ccc(C(=O)N/N=C\c2ccc(OC(=O)c3cccc(Br)c3)c(OC)c2)cc1. The molecular formula is C23H19BrN2O5. The molecule has 0 atom stereocenters. The van der Waals surface area contributed by atoms with Crippen LogP contribution in [-0.4, -0.2) is 32.3 Å². The standard InChI is InChI=1S/C23H19BrN2O5/c1-29-19-9-7-16(8-10-19)22(27)26-25-14-15-6-11-20(21(12-15)30-2)31-23(28)17-4-3-5-18(24)13-17/h3-14H,1-2H3,(H,26,27)/b25-14-. The maximum atomic E-state index is 12.4. The first-order valence-electron chi connectivity index (χ1n) is 9.13. The molecule has 3 aromatic carbocycles. The molecule has 0 saturated heterocycles. The Morgan fingerprint density at radius 1 is 0.903 bits per heavy atom. The number of hydrazone groups is 1. The minimum Gasteiger partial charge on any atom is -0.497 e. The predicted octanol–water partition coefficient (Wildman–Crippen LogP) is 4.45. The van der Waals surface area contributed by atoms with Gasteiger partial charge in [0.2, 0.25) is 0 Å². The molecule has 0 radical (unpaired) electrons. The van der Waals surface area contributed by atoms with E-state index in [1.165, 1.54) is 13.3 Å². The second-order valence-corrected chi connectivity index (χ2v) is 7.15. The third kappa shape index (κ3) is 5.93. The van der Waals surface area contributed by atoms with Gasteiger partial charge < -0.3 is 14.2 Å². The van der Waals surface area contributed by atoms with Crippen molar-refractivity contribution in [3.63, 3.8) is 0 Å². The summed E-state index contributed by atoms with van der Waals surface area (Å²) in [7, 11) is 3.03. The van der Waals surface area contributed by atoms with Gasteiger partial charge in [0.15, 0.2) is 11.5 Å². The monoisotopic (exact) mass is 482 g/mol. The Morgan fingerprint density at radius 3 is 2.35 bits per heavy atom. The molecule has 7 nitrogen and oxygen atoms in total. The molecule has 0 saturated carbocycles. The molecule has 0 fully saturated rings. The number of ether oxygens (including phenoxy) is 3. The highest BCUT2D eigenvalue weighted by Gasteiger charge is 2.13. The molecule has 0 aliphatic carbocycles. The summed E-state index contributed by atoms with van der Waals surface area (Å²) in [5.74, 6) is 0.423. The largest absolute Gasteiger partial charge is 0.497 e. The van der Waals surface area contributed by atoms with Gasteiger partial charge in [-0.25, -0.2) is 10.2 Å². The van der Waals surface area contributed by atoms with Crippen LogP contribution in [0.2, 0.25) is 0 Å². The van der Waals surface area contributed by atoms with Crippen molar-refractivity contribution >= 4 is 34.0 Å². The van der Waals surface area contributed by atoms with Crippen molar-refractivity contribution in [1.82, 2.24) is 5.43 Å². The molecule has 3 aromatic rings. The summed E-state index contributed by atoms with van der Waals surface area (Å²) in [6.45, 7) is 0. The molecule has 1 amide bonds. The number of hydrogen-bond donors (Lipinski definition) is 1. The van der Waals surface area contributed by atoms with Gasteiger partial charge in [-0.2, -0.15) is 5.10 Å². The maximum Gasteiger partial charge on any atom is 0.343 e. The molecule has 8 heteroatoms. The smallest absolute Gasteiger partial charge is 0.343 e. The topological polar surface area (TPSA) is 86.2 Å². The molecule has 0 aromatic heterocycles. The van der Waals surface area contributed by atoms with Gasteiger partial charge in [-0.3, -0.25) is 4.79 Å². The Bertz CT molecular complexity index is 1110. The summed E-state index contributed by atoms with van der Waals surface area (Å²) in [6, 6.07) is 18.5. The summed E-state index contributed by atoms with van der Waals surface area (Å²) in [6.07, 6.45) is 1.46. The molecule has 0 bridgehead atoms. The second kappa shape index (κ2) is 10.4. The number of nitrogens with zero attached hydrogens (tertiary/aromatic N) is 1. The first kappa shape index (κ1) is 22.0. The minimum absolute atomic E-state index is 0.270. The van der Waals surface area contributed by atoms with Crippen molar-refractivity contribution in [3.05, 3.63) is 87.9 Å². The van der Waals surface area contributed by atoms with Gasteiger partial charge in [0, 0.05) is 10.0 Å². The van der Waals surface area contributed by atoms with Gasteiger partial charge in [-0.15, -0.1) is 0 Å². The van der Waals surface area contributed by atoms with Gasteiger partial charge in [0.25, 0.3) is 5.91 Å². The number of benzene rings is 3. The van der Waals surface area contributed by atoms with Gasteiger partial charge in [-0.05, 0) is 66.2 Å². The van der Waals surface area contributed by atoms with E-state index in [2.05, 4.69) is 26.5 Å². The first-order chi connectivity index (χ1) is 15.0. The highest BCUT2D eigenvalue weighted by molar-refractivity contribution is 9.10. The highest BCUT2D eigenvalue weighted by atomic mass is 79.9. The van der Waals surface area contributed by atoms with Crippen LogP contribution < -0.4 is 19.6 Å². The number of carbonyl (C=O) groups is 2. The summed E-state index contributed by atoms with van der Waals surface area (Å²) in [4.78, 5) is 24.5. The van der Waals surface area contributed by atoms with E-state index in [1.54, 1.807) is 67.8 Å². The highest BCUT2D eigenvalue weighted by Crippen LogP contribution is 2.28. The third-order valence-corrected chi connectivity index (χ3v) is 4.68. The van der Waals surface area contributed by atoms with Gasteiger partial charge in [-0.1, -0.05) is 22.0 Å². The molecule has 0 heterocycles. The molecule has 1 N–H and O–H groups in total. The molecule has 31 heavy (non-hydrogen) atoms. The minimum atomic E-state index is -0.507. The number of hydrogen-bond acceptors (Lipinski definition) is 6. The molecule has 158 valence electrons. The summed E-state index contributed by atoms with van der Waals surface area (Å²) >= 11 is 3.33. The molecule has 0 spiro atoms. The van der Waals surface area contributed by atoms with Crippen LogP contribution in [0, 0.1) is 0 Å². The van der Waals surface area contributed by atoms with E-state index < -0.39 is 5.97 Å². The van der Waals surface area contributed by atoms with Crippen LogP contribution in [-0.2, 0) is 0 Å². The van der Waals surface area contributed by atoms with Crippen LogP contribution in [0.15, 0.2) is 76.3 Å². The second-order valence-electron chi connectivity index (χ2n) is 6.24. The van der Waals surface area contributed by atoms with Crippen LogP contribution in [0.4, 0.5) is 0 Å². The average Bonchev–Trinajstić information content (AvgIpc) is 2.79. The van der Waals surface area contributed by atoms with Crippen LogP contribution >= 0.6 is 15.9 Å². The number of rotatable bonds is 7. The fourth-order valence-corrected chi connectivity index (χ4v) is 2.99. The van der Waals surface area contributed by atoms with E-state index in [1.807, 2.05) is 6.07 Å². The normalized spacial score (nSPS) is 10.5. The Kier molecular flexibility index (Phi) is 7.40. The van der Waals surface area contributed by atoms with Crippen LogP contribution in [0.1, 0.15) is 26.3 Å². The Labute approximate surface area is 187 Å². The number of halogens is 1. The van der Waals surface area contributed by atoms with Crippen molar-refractivity contribution in [2.75, 3.05) is 14.2 Å². The van der Waals surface area contributed by atoms with E-state index in [4.69, 9.17) is 14.2 Å². The van der Waals surface area contributed by atoms with Gasteiger partial charge in [0.05, 0.1) is 26.0 Å². The Morgan fingerprint density at radius 2 is 1.68 bits per heavy atom. The molecule has 0 unspecified atom stereocenters.